The molecule has 0 heterocycles. The highest BCUT2D eigenvalue weighted by atomic mass is 16.5. The molecule has 1 rings (SSSR count). The van der Waals surface area contributed by atoms with Crippen LogP contribution in [0.4, 0.5) is 0 Å². The van der Waals surface area contributed by atoms with Crippen molar-refractivity contribution in [1.82, 2.24) is 5.32 Å². The van der Waals surface area contributed by atoms with Crippen LogP contribution in [0.15, 0.2) is 18.2 Å². The predicted molar refractivity (Wildman–Crippen MR) is 71.9 cm³/mol. The summed E-state index contributed by atoms with van der Waals surface area (Å²) in [4.78, 5) is 22.8. The van der Waals surface area contributed by atoms with E-state index >= 15 is 0 Å². The number of methoxy groups -OCH3 is 1. The molecule has 0 aliphatic carbocycles. The Kier molecular flexibility index (Phi) is 5.42. The molecule has 1 amide bonds. The molecule has 6 nitrogen and oxygen atoms in total. The first-order valence-electron chi connectivity index (χ1n) is 5.78. The summed E-state index contributed by atoms with van der Waals surface area (Å²) in [6, 6.07) is 4.31. The second-order valence-electron chi connectivity index (χ2n) is 3.85. The van der Waals surface area contributed by atoms with Crippen molar-refractivity contribution in [3.63, 3.8) is 0 Å². The van der Waals surface area contributed by atoms with Gasteiger partial charge in [-0.15, -0.1) is 6.42 Å². The van der Waals surface area contributed by atoms with E-state index < -0.39 is 18.0 Å². The molecule has 0 fully saturated rings. The Hall–Kier alpha value is -2.68. The Morgan fingerprint density at radius 1 is 1.50 bits per heavy atom. The van der Waals surface area contributed by atoms with E-state index in [0.29, 0.717) is 5.75 Å². The third kappa shape index (κ3) is 3.92. The maximum Gasteiger partial charge on any atom is 0.339 e. The quantitative estimate of drug-likeness (QED) is 0.755. The van der Waals surface area contributed by atoms with Crippen LogP contribution < -0.4 is 14.8 Å². The monoisotopic (exact) mass is 277 g/mol. The summed E-state index contributed by atoms with van der Waals surface area (Å²) in [7, 11) is 1.43. The summed E-state index contributed by atoms with van der Waals surface area (Å²) in [6.45, 7) is 1.59. The van der Waals surface area contributed by atoms with Gasteiger partial charge in [-0.2, -0.15) is 0 Å². The van der Waals surface area contributed by atoms with Crippen molar-refractivity contribution in [1.29, 1.82) is 0 Å². The fraction of sp³-hybridized carbons (Fsp3) is 0.286. The second-order valence-corrected chi connectivity index (χ2v) is 3.85. The van der Waals surface area contributed by atoms with E-state index in [4.69, 9.17) is 21.0 Å². The van der Waals surface area contributed by atoms with Crippen LogP contribution >= 0.6 is 0 Å². The molecule has 0 aliphatic heterocycles. The van der Waals surface area contributed by atoms with E-state index in [-0.39, 0.29) is 17.9 Å². The lowest BCUT2D eigenvalue weighted by molar-refractivity contribution is -0.127. The first kappa shape index (κ1) is 15.4. The first-order valence-corrected chi connectivity index (χ1v) is 5.78. The first-order chi connectivity index (χ1) is 9.49. The van der Waals surface area contributed by atoms with Crippen molar-refractivity contribution < 1.29 is 24.2 Å². The Morgan fingerprint density at radius 2 is 2.20 bits per heavy atom. The molecular formula is C14H15NO5. The summed E-state index contributed by atoms with van der Waals surface area (Å²) in [5.74, 6) is 1.14. The number of carbonyl (C=O) groups excluding carboxylic acids is 1. The van der Waals surface area contributed by atoms with E-state index in [1.54, 1.807) is 6.07 Å². The fourth-order valence-corrected chi connectivity index (χ4v) is 1.43. The number of nitrogens with one attached hydrogen (secondary N) is 1. The van der Waals surface area contributed by atoms with Gasteiger partial charge in [-0.25, -0.2) is 4.79 Å². The van der Waals surface area contributed by atoms with Crippen molar-refractivity contribution in [2.24, 2.45) is 0 Å². The van der Waals surface area contributed by atoms with Gasteiger partial charge in [-0.3, -0.25) is 4.79 Å². The summed E-state index contributed by atoms with van der Waals surface area (Å²) < 4.78 is 10.3. The van der Waals surface area contributed by atoms with Gasteiger partial charge < -0.3 is 19.9 Å². The van der Waals surface area contributed by atoms with Gasteiger partial charge in [-0.05, 0) is 25.1 Å². The normalized spacial score (nSPS) is 11.1. The second kappa shape index (κ2) is 7.04. The predicted octanol–water partition coefficient (Wildman–Crippen LogP) is 0.910. The van der Waals surface area contributed by atoms with Gasteiger partial charge in [0.2, 0.25) is 0 Å². The number of aromatic carboxylic acids is 1. The lowest BCUT2D eigenvalue weighted by Crippen LogP contribution is -2.36. The average molecular weight is 277 g/mol. The zero-order valence-corrected chi connectivity index (χ0v) is 11.2. The number of terminal acetylenes is 1. The highest BCUT2D eigenvalue weighted by Gasteiger charge is 2.19. The van der Waals surface area contributed by atoms with Gasteiger partial charge >= 0.3 is 5.97 Å². The number of benzene rings is 1. The topological polar surface area (TPSA) is 84.9 Å². The van der Waals surface area contributed by atoms with Crippen LogP contribution in [-0.4, -0.2) is 36.7 Å². The summed E-state index contributed by atoms with van der Waals surface area (Å²) in [5.41, 5.74) is -0.0825. The van der Waals surface area contributed by atoms with Crippen LogP contribution in [0, 0.1) is 12.3 Å². The SMILES string of the molecule is C#CCNC(=O)C(C)Oc1ccc(OC)cc1C(=O)O. The van der Waals surface area contributed by atoms with Crippen molar-refractivity contribution in [3.8, 4) is 23.8 Å². The maximum atomic E-state index is 11.6. The molecule has 0 aromatic heterocycles. The van der Waals surface area contributed by atoms with Gasteiger partial charge in [0.1, 0.15) is 17.1 Å². The summed E-state index contributed by atoms with van der Waals surface area (Å²) >= 11 is 0. The van der Waals surface area contributed by atoms with Crippen molar-refractivity contribution in [3.05, 3.63) is 23.8 Å². The lowest BCUT2D eigenvalue weighted by Gasteiger charge is -2.16. The molecule has 20 heavy (non-hydrogen) atoms. The molecule has 1 atom stereocenters. The Bertz CT molecular complexity index is 547. The van der Waals surface area contributed by atoms with Crippen LogP contribution in [0.1, 0.15) is 17.3 Å². The number of carboxylic acids is 1. The summed E-state index contributed by atoms with van der Waals surface area (Å²) in [5, 5.41) is 11.6. The average Bonchev–Trinajstić information content (AvgIpc) is 2.44. The van der Waals surface area contributed by atoms with E-state index in [1.165, 1.54) is 26.2 Å². The standard InChI is InChI=1S/C14H15NO5/c1-4-7-15-13(16)9(2)20-12-6-5-10(19-3)8-11(12)14(17)18/h1,5-6,8-9H,7H2,2-3H3,(H,15,16)(H,17,18). The Labute approximate surface area is 116 Å². The number of amides is 1. The molecule has 106 valence electrons. The zero-order valence-electron chi connectivity index (χ0n) is 11.2. The van der Waals surface area contributed by atoms with Gasteiger partial charge in [0.15, 0.2) is 6.10 Å². The third-order valence-electron chi connectivity index (χ3n) is 2.45. The van der Waals surface area contributed by atoms with Crippen LogP contribution in [0.2, 0.25) is 0 Å². The zero-order chi connectivity index (χ0) is 15.1. The smallest absolute Gasteiger partial charge is 0.339 e. The van der Waals surface area contributed by atoms with E-state index in [0.717, 1.165) is 0 Å². The molecule has 0 spiro atoms. The maximum absolute atomic E-state index is 11.6. The molecule has 0 saturated heterocycles. The van der Waals surface area contributed by atoms with Gasteiger partial charge in [0, 0.05) is 0 Å². The minimum Gasteiger partial charge on any atom is -0.497 e. The molecular weight excluding hydrogens is 262 g/mol. The van der Waals surface area contributed by atoms with Crippen LogP contribution in [0.3, 0.4) is 0 Å². The van der Waals surface area contributed by atoms with E-state index in [9.17, 15) is 9.59 Å². The molecule has 1 aromatic rings. The highest BCUT2D eigenvalue weighted by molar-refractivity contribution is 5.91. The molecule has 0 bridgehead atoms. The van der Waals surface area contributed by atoms with E-state index in [2.05, 4.69) is 11.2 Å². The van der Waals surface area contributed by atoms with E-state index in [1.807, 2.05) is 0 Å². The van der Waals surface area contributed by atoms with Crippen LogP contribution in [0.5, 0.6) is 11.5 Å². The minimum atomic E-state index is -1.17. The van der Waals surface area contributed by atoms with Crippen LogP contribution in [0.25, 0.3) is 0 Å². The van der Waals surface area contributed by atoms with Gasteiger partial charge in [0.25, 0.3) is 5.91 Å². The van der Waals surface area contributed by atoms with Crippen molar-refractivity contribution in [2.75, 3.05) is 13.7 Å². The number of carboxylic acid groups (broad SMARTS) is 1. The van der Waals surface area contributed by atoms with Crippen LogP contribution in [-0.2, 0) is 4.79 Å². The van der Waals surface area contributed by atoms with Crippen molar-refractivity contribution in [2.45, 2.75) is 13.0 Å². The molecule has 6 heteroatoms. The number of hydrogen-bond acceptors (Lipinski definition) is 4. The number of rotatable bonds is 6. The molecule has 0 radical (unpaired) electrons. The van der Waals surface area contributed by atoms with Crippen molar-refractivity contribution >= 4 is 11.9 Å². The molecule has 2 N–H and O–H groups in total. The molecule has 0 aliphatic rings. The third-order valence-corrected chi connectivity index (χ3v) is 2.45. The van der Waals surface area contributed by atoms with Gasteiger partial charge in [-0.1, -0.05) is 5.92 Å². The summed E-state index contributed by atoms with van der Waals surface area (Å²) in [6.07, 6.45) is 4.16. The Morgan fingerprint density at radius 3 is 2.75 bits per heavy atom. The fourth-order valence-electron chi connectivity index (χ4n) is 1.43. The lowest BCUT2D eigenvalue weighted by atomic mass is 10.2. The minimum absolute atomic E-state index is 0.0825. The number of carbonyl (C=O) groups is 2. The Balaban J connectivity index is 2.89. The number of hydrogen-bond donors (Lipinski definition) is 2. The molecule has 0 saturated carbocycles. The molecule has 1 unspecified atom stereocenters. The molecule has 1 aromatic carbocycles. The van der Waals surface area contributed by atoms with Gasteiger partial charge in [0.05, 0.1) is 13.7 Å². The number of ether oxygens (including phenoxy) is 2. The largest absolute Gasteiger partial charge is 0.497 e. The highest BCUT2D eigenvalue weighted by Crippen LogP contribution is 2.25.